The second kappa shape index (κ2) is 4.66. The van der Waals surface area contributed by atoms with Gasteiger partial charge >= 0.3 is 0 Å². The smallest absolute Gasteiger partial charge is 0.0712 e. The van der Waals surface area contributed by atoms with Gasteiger partial charge in [0.1, 0.15) is 0 Å². The minimum absolute atomic E-state index is 0.426. The standard InChI is InChI=1S/C7H15NO2/c1-9-4-5-10-7-2-3-8-6-7/h7-8H,2-6H2,1H3/t7-/m0/s1. The van der Waals surface area contributed by atoms with Crippen LogP contribution in [0.4, 0.5) is 0 Å². The van der Waals surface area contributed by atoms with Crippen molar-refractivity contribution in [3.8, 4) is 0 Å². The number of methoxy groups -OCH3 is 1. The van der Waals surface area contributed by atoms with E-state index in [1.54, 1.807) is 7.11 Å². The predicted molar refractivity (Wildman–Crippen MR) is 39.1 cm³/mol. The fraction of sp³-hybridized carbons (Fsp3) is 1.00. The Balaban J connectivity index is 1.91. The molecule has 1 aliphatic rings. The second-order valence-corrected chi connectivity index (χ2v) is 2.48. The summed E-state index contributed by atoms with van der Waals surface area (Å²) in [7, 11) is 1.69. The largest absolute Gasteiger partial charge is 0.382 e. The summed E-state index contributed by atoms with van der Waals surface area (Å²) in [5.74, 6) is 0. The van der Waals surface area contributed by atoms with Crippen molar-refractivity contribution in [1.82, 2.24) is 5.32 Å². The molecule has 3 nitrogen and oxygen atoms in total. The second-order valence-electron chi connectivity index (χ2n) is 2.48. The fourth-order valence-corrected chi connectivity index (χ4v) is 1.07. The maximum atomic E-state index is 5.46. The lowest BCUT2D eigenvalue weighted by Crippen LogP contribution is -2.18. The molecule has 1 aliphatic heterocycles. The van der Waals surface area contributed by atoms with Crippen molar-refractivity contribution in [3.05, 3.63) is 0 Å². The van der Waals surface area contributed by atoms with Crippen LogP contribution >= 0.6 is 0 Å². The van der Waals surface area contributed by atoms with Gasteiger partial charge in [0, 0.05) is 13.7 Å². The maximum Gasteiger partial charge on any atom is 0.0712 e. The van der Waals surface area contributed by atoms with Crippen molar-refractivity contribution in [2.45, 2.75) is 12.5 Å². The Morgan fingerprint density at radius 1 is 1.50 bits per heavy atom. The van der Waals surface area contributed by atoms with E-state index in [0.717, 1.165) is 26.1 Å². The lowest BCUT2D eigenvalue weighted by atomic mass is 10.3. The van der Waals surface area contributed by atoms with Gasteiger partial charge in [-0.2, -0.15) is 0 Å². The van der Waals surface area contributed by atoms with Gasteiger partial charge in [-0.05, 0) is 13.0 Å². The van der Waals surface area contributed by atoms with Crippen molar-refractivity contribution < 1.29 is 9.47 Å². The molecule has 0 aromatic rings. The SMILES string of the molecule is COCCO[C@H]1CCNC1. The Kier molecular flexibility index (Phi) is 3.72. The summed E-state index contributed by atoms with van der Waals surface area (Å²) in [5, 5.41) is 3.23. The van der Waals surface area contributed by atoms with Crippen LogP contribution in [0.25, 0.3) is 0 Å². The molecule has 0 saturated carbocycles. The molecule has 0 aromatic heterocycles. The summed E-state index contributed by atoms with van der Waals surface area (Å²) < 4.78 is 10.3. The molecular formula is C7H15NO2. The first-order chi connectivity index (χ1) is 4.93. The van der Waals surface area contributed by atoms with Gasteiger partial charge in [-0.1, -0.05) is 0 Å². The first-order valence-electron chi connectivity index (χ1n) is 3.74. The third-order valence-corrected chi connectivity index (χ3v) is 1.66. The van der Waals surface area contributed by atoms with Gasteiger partial charge in [-0.15, -0.1) is 0 Å². The van der Waals surface area contributed by atoms with E-state index in [-0.39, 0.29) is 0 Å². The lowest BCUT2D eigenvalue weighted by Gasteiger charge is -2.08. The molecule has 0 amide bonds. The van der Waals surface area contributed by atoms with E-state index < -0.39 is 0 Å². The Morgan fingerprint density at radius 3 is 3.00 bits per heavy atom. The molecule has 0 aromatic carbocycles. The highest BCUT2D eigenvalue weighted by Gasteiger charge is 2.13. The monoisotopic (exact) mass is 145 g/mol. The summed E-state index contributed by atoms with van der Waals surface area (Å²) >= 11 is 0. The van der Waals surface area contributed by atoms with E-state index in [0.29, 0.717) is 12.7 Å². The van der Waals surface area contributed by atoms with Crippen LogP contribution in [0.5, 0.6) is 0 Å². The predicted octanol–water partition coefficient (Wildman–Crippen LogP) is 0.0113. The fourth-order valence-electron chi connectivity index (χ4n) is 1.07. The van der Waals surface area contributed by atoms with Crippen LogP contribution in [0.2, 0.25) is 0 Å². The molecule has 0 bridgehead atoms. The third kappa shape index (κ3) is 2.64. The van der Waals surface area contributed by atoms with Crippen LogP contribution in [-0.4, -0.2) is 39.5 Å². The first-order valence-corrected chi connectivity index (χ1v) is 3.74. The normalized spacial score (nSPS) is 25.5. The molecule has 1 atom stereocenters. The minimum atomic E-state index is 0.426. The molecule has 1 fully saturated rings. The summed E-state index contributed by atoms with van der Waals surface area (Å²) in [6, 6.07) is 0. The number of ether oxygens (including phenoxy) is 2. The molecule has 3 heteroatoms. The van der Waals surface area contributed by atoms with Crippen LogP contribution in [0.3, 0.4) is 0 Å². The molecule has 0 radical (unpaired) electrons. The molecule has 1 saturated heterocycles. The minimum Gasteiger partial charge on any atom is -0.382 e. The van der Waals surface area contributed by atoms with E-state index in [1.165, 1.54) is 0 Å². The molecule has 0 unspecified atom stereocenters. The molecule has 10 heavy (non-hydrogen) atoms. The van der Waals surface area contributed by atoms with Gasteiger partial charge in [-0.25, -0.2) is 0 Å². The first kappa shape index (κ1) is 7.98. The van der Waals surface area contributed by atoms with Gasteiger partial charge in [0.05, 0.1) is 19.3 Å². The van der Waals surface area contributed by atoms with E-state index in [1.807, 2.05) is 0 Å². The van der Waals surface area contributed by atoms with E-state index in [2.05, 4.69) is 5.32 Å². The Bertz CT molecular complexity index is 81.7. The van der Waals surface area contributed by atoms with Gasteiger partial charge in [0.2, 0.25) is 0 Å². The number of nitrogens with one attached hydrogen (secondary N) is 1. The molecule has 60 valence electrons. The lowest BCUT2D eigenvalue weighted by molar-refractivity contribution is 0.0272. The van der Waals surface area contributed by atoms with Crippen LogP contribution in [-0.2, 0) is 9.47 Å². The average molecular weight is 145 g/mol. The van der Waals surface area contributed by atoms with E-state index >= 15 is 0 Å². The molecule has 1 heterocycles. The summed E-state index contributed by atoms with van der Waals surface area (Å²) in [6.07, 6.45) is 1.57. The van der Waals surface area contributed by atoms with Crippen molar-refractivity contribution in [2.75, 3.05) is 33.4 Å². The summed E-state index contributed by atoms with van der Waals surface area (Å²) in [6.45, 7) is 3.53. The van der Waals surface area contributed by atoms with Crippen LogP contribution in [0, 0.1) is 0 Å². The van der Waals surface area contributed by atoms with Crippen molar-refractivity contribution in [1.29, 1.82) is 0 Å². The molecule has 1 N–H and O–H groups in total. The molecule has 0 spiro atoms. The van der Waals surface area contributed by atoms with Gasteiger partial charge in [0.25, 0.3) is 0 Å². The van der Waals surface area contributed by atoms with Crippen molar-refractivity contribution in [2.24, 2.45) is 0 Å². The highest BCUT2D eigenvalue weighted by Crippen LogP contribution is 2.01. The zero-order valence-corrected chi connectivity index (χ0v) is 6.43. The Morgan fingerprint density at radius 2 is 2.40 bits per heavy atom. The summed E-state index contributed by atoms with van der Waals surface area (Å²) in [4.78, 5) is 0. The van der Waals surface area contributed by atoms with Gasteiger partial charge in [0.15, 0.2) is 0 Å². The maximum absolute atomic E-state index is 5.46. The van der Waals surface area contributed by atoms with Crippen LogP contribution < -0.4 is 5.32 Å². The van der Waals surface area contributed by atoms with E-state index in [9.17, 15) is 0 Å². The van der Waals surface area contributed by atoms with Crippen LogP contribution in [0.1, 0.15) is 6.42 Å². The van der Waals surface area contributed by atoms with Gasteiger partial charge in [-0.3, -0.25) is 0 Å². The topological polar surface area (TPSA) is 30.5 Å². The van der Waals surface area contributed by atoms with E-state index in [4.69, 9.17) is 9.47 Å². The number of hydrogen-bond acceptors (Lipinski definition) is 3. The number of rotatable bonds is 4. The average Bonchev–Trinajstić information content (AvgIpc) is 2.41. The van der Waals surface area contributed by atoms with Crippen molar-refractivity contribution >= 4 is 0 Å². The Labute approximate surface area is 61.7 Å². The van der Waals surface area contributed by atoms with Crippen molar-refractivity contribution in [3.63, 3.8) is 0 Å². The summed E-state index contributed by atoms with van der Waals surface area (Å²) in [5.41, 5.74) is 0. The zero-order chi connectivity index (χ0) is 7.23. The van der Waals surface area contributed by atoms with Gasteiger partial charge < -0.3 is 14.8 Å². The van der Waals surface area contributed by atoms with Crippen LogP contribution in [0.15, 0.2) is 0 Å². The molecular weight excluding hydrogens is 130 g/mol. The Hall–Kier alpha value is -0.120. The molecule has 0 aliphatic carbocycles. The molecule has 1 rings (SSSR count). The zero-order valence-electron chi connectivity index (χ0n) is 6.43. The highest BCUT2D eigenvalue weighted by molar-refractivity contribution is 4.70. The highest BCUT2D eigenvalue weighted by atomic mass is 16.5. The quantitative estimate of drug-likeness (QED) is 0.565. The number of hydrogen-bond donors (Lipinski definition) is 1. The third-order valence-electron chi connectivity index (χ3n) is 1.66.